The highest BCUT2D eigenvalue weighted by Gasteiger charge is 2.20. The second kappa shape index (κ2) is 5.30. The average molecular weight is 219 g/mol. The topological polar surface area (TPSA) is 42.1 Å². The zero-order chi connectivity index (χ0) is 11.4. The molecule has 2 rings (SSSR count). The van der Waals surface area contributed by atoms with E-state index in [0.717, 1.165) is 30.3 Å². The van der Waals surface area contributed by atoms with Gasteiger partial charge in [0.05, 0.1) is 11.9 Å². The SMILES string of the molecule is CCC1CCN(CCc2ccc(N)cn2)C1. The molecule has 2 heterocycles. The smallest absolute Gasteiger partial charge is 0.0501 e. The van der Waals surface area contributed by atoms with E-state index in [1.165, 1.54) is 25.9 Å². The molecule has 0 radical (unpaired) electrons. The van der Waals surface area contributed by atoms with E-state index in [2.05, 4.69) is 16.8 Å². The number of hydrogen-bond donors (Lipinski definition) is 1. The molecule has 0 aliphatic carbocycles. The molecule has 0 bridgehead atoms. The monoisotopic (exact) mass is 219 g/mol. The Balaban J connectivity index is 1.77. The molecular formula is C13H21N3. The van der Waals surface area contributed by atoms with E-state index in [1.54, 1.807) is 6.20 Å². The Bertz CT molecular complexity index is 320. The van der Waals surface area contributed by atoms with Crippen molar-refractivity contribution >= 4 is 5.69 Å². The first-order valence-corrected chi connectivity index (χ1v) is 6.20. The van der Waals surface area contributed by atoms with Gasteiger partial charge in [0.2, 0.25) is 0 Å². The molecule has 1 atom stereocenters. The van der Waals surface area contributed by atoms with Crippen LogP contribution in [0.5, 0.6) is 0 Å². The Morgan fingerprint density at radius 3 is 3.00 bits per heavy atom. The van der Waals surface area contributed by atoms with Crippen LogP contribution in [0.1, 0.15) is 25.5 Å². The summed E-state index contributed by atoms with van der Waals surface area (Å²) >= 11 is 0. The Labute approximate surface area is 97.7 Å². The van der Waals surface area contributed by atoms with Crippen LogP contribution in [0.15, 0.2) is 18.3 Å². The minimum absolute atomic E-state index is 0.746. The van der Waals surface area contributed by atoms with Gasteiger partial charge in [0.1, 0.15) is 0 Å². The van der Waals surface area contributed by atoms with Crippen molar-refractivity contribution in [2.24, 2.45) is 5.92 Å². The van der Waals surface area contributed by atoms with E-state index < -0.39 is 0 Å². The van der Waals surface area contributed by atoms with Gasteiger partial charge in [0.25, 0.3) is 0 Å². The summed E-state index contributed by atoms with van der Waals surface area (Å²) in [7, 11) is 0. The third-order valence-corrected chi connectivity index (χ3v) is 3.48. The molecule has 1 aromatic heterocycles. The fourth-order valence-corrected chi connectivity index (χ4v) is 2.31. The lowest BCUT2D eigenvalue weighted by Crippen LogP contribution is -2.23. The highest BCUT2D eigenvalue weighted by Crippen LogP contribution is 2.18. The molecule has 0 amide bonds. The number of hydrogen-bond acceptors (Lipinski definition) is 3. The predicted molar refractivity (Wildman–Crippen MR) is 67.2 cm³/mol. The van der Waals surface area contributed by atoms with Crippen molar-refractivity contribution in [1.82, 2.24) is 9.88 Å². The number of pyridine rings is 1. The second-order valence-corrected chi connectivity index (χ2v) is 4.70. The highest BCUT2D eigenvalue weighted by molar-refractivity contribution is 5.34. The fourth-order valence-electron chi connectivity index (χ4n) is 2.31. The standard InChI is InChI=1S/C13H21N3/c1-2-11-5-7-16(10-11)8-6-13-4-3-12(14)9-15-13/h3-4,9,11H,2,5-8,10,14H2,1H3. The van der Waals surface area contributed by atoms with Crippen molar-refractivity contribution in [1.29, 1.82) is 0 Å². The van der Waals surface area contributed by atoms with E-state index in [-0.39, 0.29) is 0 Å². The minimum Gasteiger partial charge on any atom is -0.397 e. The number of nitrogens with two attached hydrogens (primary N) is 1. The number of likely N-dealkylation sites (tertiary alicyclic amines) is 1. The lowest BCUT2D eigenvalue weighted by atomic mass is 10.1. The molecule has 16 heavy (non-hydrogen) atoms. The first-order valence-electron chi connectivity index (χ1n) is 6.20. The van der Waals surface area contributed by atoms with Crippen LogP contribution in [0.25, 0.3) is 0 Å². The average Bonchev–Trinajstić information content (AvgIpc) is 2.76. The molecule has 0 spiro atoms. The van der Waals surface area contributed by atoms with E-state index in [1.807, 2.05) is 12.1 Å². The molecule has 2 N–H and O–H groups in total. The highest BCUT2D eigenvalue weighted by atomic mass is 15.1. The predicted octanol–water partition coefficient (Wildman–Crippen LogP) is 1.94. The quantitative estimate of drug-likeness (QED) is 0.841. The summed E-state index contributed by atoms with van der Waals surface area (Å²) in [5.74, 6) is 0.916. The molecule has 1 aliphatic heterocycles. The summed E-state index contributed by atoms with van der Waals surface area (Å²) in [6.07, 6.45) is 5.47. The minimum atomic E-state index is 0.746. The van der Waals surface area contributed by atoms with E-state index in [4.69, 9.17) is 5.73 Å². The maximum Gasteiger partial charge on any atom is 0.0501 e. The molecule has 1 unspecified atom stereocenters. The van der Waals surface area contributed by atoms with Crippen molar-refractivity contribution in [3.05, 3.63) is 24.0 Å². The summed E-state index contributed by atoms with van der Waals surface area (Å²) in [4.78, 5) is 6.87. The van der Waals surface area contributed by atoms with Gasteiger partial charge >= 0.3 is 0 Å². The Kier molecular flexibility index (Phi) is 3.78. The van der Waals surface area contributed by atoms with Gasteiger partial charge in [-0.05, 0) is 31.0 Å². The van der Waals surface area contributed by atoms with E-state index in [9.17, 15) is 0 Å². The summed E-state index contributed by atoms with van der Waals surface area (Å²) in [6, 6.07) is 3.96. The largest absolute Gasteiger partial charge is 0.397 e. The van der Waals surface area contributed by atoms with Crippen molar-refractivity contribution in [2.75, 3.05) is 25.4 Å². The number of anilines is 1. The normalized spacial score (nSPS) is 21.4. The lowest BCUT2D eigenvalue weighted by molar-refractivity contribution is 0.326. The summed E-state index contributed by atoms with van der Waals surface area (Å²) in [5.41, 5.74) is 7.50. The van der Waals surface area contributed by atoms with Crippen molar-refractivity contribution in [3.63, 3.8) is 0 Å². The number of rotatable bonds is 4. The van der Waals surface area contributed by atoms with Gasteiger partial charge in [0, 0.05) is 25.2 Å². The molecule has 0 aromatic carbocycles. The molecule has 3 nitrogen and oxygen atoms in total. The Morgan fingerprint density at radius 1 is 1.50 bits per heavy atom. The van der Waals surface area contributed by atoms with Crippen LogP contribution in [0.3, 0.4) is 0 Å². The van der Waals surface area contributed by atoms with Gasteiger partial charge in [-0.25, -0.2) is 0 Å². The Morgan fingerprint density at radius 2 is 2.38 bits per heavy atom. The number of nitrogens with zero attached hydrogens (tertiary/aromatic N) is 2. The molecule has 88 valence electrons. The van der Waals surface area contributed by atoms with Crippen molar-refractivity contribution in [3.8, 4) is 0 Å². The number of aromatic nitrogens is 1. The molecule has 1 aliphatic rings. The van der Waals surface area contributed by atoms with Crippen LogP contribution in [0.2, 0.25) is 0 Å². The molecule has 0 saturated carbocycles. The molecule has 1 saturated heterocycles. The van der Waals surface area contributed by atoms with Crippen molar-refractivity contribution < 1.29 is 0 Å². The van der Waals surface area contributed by atoms with Crippen LogP contribution in [0.4, 0.5) is 5.69 Å². The molecule has 1 fully saturated rings. The summed E-state index contributed by atoms with van der Waals surface area (Å²) in [6.45, 7) is 5.95. The maximum absolute atomic E-state index is 5.61. The Hall–Kier alpha value is -1.09. The van der Waals surface area contributed by atoms with Crippen molar-refractivity contribution in [2.45, 2.75) is 26.2 Å². The van der Waals surface area contributed by atoms with Gasteiger partial charge < -0.3 is 10.6 Å². The first kappa shape index (κ1) is 11.4. The van der Waals surface area contributed by atoms with Crippen LogP contribution in [0, 0.1) is 5.92 Å². The lowest BCUT2D eigenvalue weighted by Gasteiger charge is -2.15. The fraction of sp³-hybridized carbons (Fsp3) is 0.615. The third-order valence-electron chi connectivity index (χ3n) is 3.48. The molecule has 1 aromatic rings. The van der Waals surface area contributed by atoms with Gasteiger partial charge in [-0.1, -0.05) is 13.3 Å². The van der Waals surface area contributed by atoms with Gasteiger partial charge in [-0.15, -0.1) is 0 Å². The zero-order valence-corrected chi connectivity index (χ0v) is 10.0. The van der Waals surface area contributed by atoms with Crippen LogP contribution < -0.4 is 5.73 Å². The third kappa shape index (κ3) is 2.95. The van der Waals surface area contributed by atoms with Gasteiger partial charge in [0.15, 0.2) is 0 Å². The molecule has 3 heteroatoms. The zero-order valence-electron chi connectivity index (χ0n) is 10.0. The van der Waals surface area contributed by atoms with Crippen LogP contribution >= 0.6 is 0 Å². The molecular weight excluding hydrogens is 198 g/mol. The number of nitrogen functional groups attached to an aromatic ring is 1. The van der Waals surface area contributed by atoms with Crippen LogP contribution in [-0.4, -0.2) is 29.5 Å². The van der Waals surface area contributed by atoms with Gasteiger partial charge in [-0.2, -0.15) is 0 Å². The first-order chi connectivity index (χ1) is 7.78. The van der Waals surface area contributed by atoms with E-state index in [0.29, 0.717) is 0 Å². The maximum atomic E-state index is 5.61. The van der Waals surface area contributed by atoms with Gasteiger partial charge in [-0.3, -0.25) is 4.98 Å². The summed E-state index contributed by atoms with van der Waals surface area (Å²) < 4.78 is 0. The van der Waals surface area contributed by atoms with Crippen LogP contribution in [-0.2, 0) is 6.42 Å². The van der Waals surface area contributed by atoms with E-state index >= 15 is 0 Å². The second-order valence-electron chi connectivity index (χ2n) is 4.70. The summed E-state index contributed by atoms with van der Waals surface area (Å²) in [5, 5.41) is 0.